The first-order valence-electron chi connectivity index (χ1n) is 7.21. The van der Waals surface area contributed by atoms with Gasteiger partial charge in [-0.2, -0.15) is 0 Å². The van der Waals surface area contributed by atoms with Crippen molar-refractivity contribution in [1.29, 1.82) is 0 Å². The van der Waals surface area contributed by atoms with Crippen molar-refractivity contribution in [3.63, 3.8) is 0 Å². The Morgan fingerprint density at radius 2 is 0.824 bits per heavy atom. The Kier molecular flexibility index (Phi) is 8.63. The van der Waals surface area contributed by atoms with E-state index in [-0.39, 0.29) is 0 Å². The fourth-order valence-electron chi connectivity index (χ4n) is 1.71. The van der Waals surface area contributed by atoms with Gasteiger partial charge in [0.25, 0.3) is 0 Å². The highest BCUT2D eigenvalue weighted by molar-refractivity contribution is 6.73. The minimum absolute atomic E-state index is 1.01. The minimum atomic E-state index is -1.01. The molecule has 0 aliphatic heterocycles. The Morgan fingerprint density at radius 1 is 0.529 bits per heavy atom. The van der Waals surface area contributed by atoms with E-state index in [1.807, 2.05) is 0 Å². The van der Waals surface area contributed by atoms with E-state index in [0.29, 0.717) is 0 Å². The van der Waals surface area contributed by atoms with E-state index in [0.717, 1.165) is 0 Å². The molecular weight excluding hydrogens is 240 g/mol. The van der Waals surface area contributed by atoms with Gasteiger partial charge >= 0.3 is 0 Å². The van der Waals surface area contributed by atoms with Crippen LogP contribution in [0.3, 0.4) is 0 Å². The summed E-state index contributed by atoms with van der Waals surface area (Å²) < 4.78 is 0. The molecule has 2 nitrogen and oxygen atoms in total. The van der Waals surface area contributed by atoms with Crippen LogP contribution in [0.15, 0.2) is 0 Å². The first kappa shape index (κ1) is 17.4. The molecule has 0 saturated heterocycles. The fourth-order valence-corrected chi connectivity index (χ4v) is 3.56. The van der Waals surface area contributed by atoms with Crippen molar-refractivity contribution >= 4 is 16.5 Å². The summed E-state index contributed by atoms with van der Waals surface area (Å²) in [5.74, 6) is 0. The summed E-state index contributed by atoms with van der Waals surface area (Å²) in [6, 6.07) is 0. The molecule has 0 aliphatic carbocycles. The lowest BCUT2D eigenvalue weighted by Crippen LogP contribution is -2.41. The first-order chi connectivity index (χ1) is 7.71. The van der Waals surface area contributed by atoms with Gasteiger partial charge < -0.3 is 9.96 Å². The molecule has 2 N–H and O–H groups in total. The summed E-state index contributed by atoms with van der Waals surface area (Å²) in [7, 11) is -2.03. The Labute approximate surface area is 111 Å². The predicted octanol–water partition coefficient (Wildman–Crippen LogP) is 3.79. The van der Waals surface area contributed by atoms with Crippen LogP contribution in [0.4, 0.5) is 0 Å². The number of hydrogen-bond acceptors (Lipinski definition) is 2. The molecule has 0 aromatic carbocycles. The van der Waals surface area contributed by atoms with Crippen molar-refractivity contribution in [2.24, 2.45) is 0 Å². The topological polar surface area (TPSA) is 24.1 Å². The maximum atomic E-state index is 3.68. The molecule has 104 valence electrons. The van der Waals surface area contributed by atoms with Crippen LogP contribution in [-0.2, 0) is 0 Å². The number of unbranched alkanes of at least 4 members (excludes halogenated alkanes) is 4. The third-order valence-electron chi connectivity index (χ3n) is 2.66. The van der Waals surface area contributed by atoms with E-state index in [1.165, 1.54) is 45.2 Å². The second-order valence-corrected chi connectivity index (χ2v) is 16.8. The summed E-state index contributed by atoms with van der Waals surface area (Å²) >= 11 is 0. The van der Waals surface area contributed by atoms with Gasteiger partial charge in [-0.25, -0.2) is 0 Å². The average molecular weight is 275 g/mol. The van der Waals surface area contributed by atoms with E-state index in [4.69, 9.17) is 0 Å². The smallest absolute Gasteiger partial charge is 0.116 e. The van der Waals surface area contributed by atoms with Gasteiger partial charge in [-0.15, -0.1) is 0 Å². The van der Waals surface area contributed by atoms with Gasteiger partial charge in [-0.1, -0.05) is 58.5 Å². The zero-order valence-electron chi connectivity index (χ0n) is 12.9. The Balaban J connectivity index is 3.15. The molecule has 17 heavy (non-hydrogen) atoms. The largest absolute Gasteiger partial charge is 0.337 e. The normalized spacial score (nSPS) is 13.1. The van der Waals surface area contributed by atoms with E-state index >= 15 is 0 Å². The van der Waals surface area contributed by atoms with Gasteiger partial charge in [0.1, 0.15) is 16.5 Å². The van der Waals surface area contributed by atoms with Gasteiger partial charge in [0.05, 0.1) is 0 Å². The fraction of sp³-hybridized carbons (Fsp3) is 1.00. The van der Waals surface area contributed by atoms with Crippen molar-refractivity contribution in [2.75, 3.05) is 13.1 Å². The molecule has 0 aromatic rings. The van der Waals surface area contributed by atoms with Crippen LogP contribution in [0, 0.1) is 0 Å². The summed E-state index contributed by atoms with van der Waals surface area (Å²) in [4.78, 5) is 7.35. The van der Waals surface area contributed by atoms with Crippen molar-refractivity contribution in [2.45, 2.75) is 71.4 Å². The molecule has 0 bridgehead atoms. The third-order valence-corrected chi connectivity index (χ3v) is 5.29. The molecule has 0 aliphatic rings. The summed E-state index contributed by atoms with van der Waals surface area (Å²) in [6.07, 6.45) is 6.90. The van der Waals surface area contributed by atoms with Crippen molar-refractivity contribution in [3.05, 3.63) is 0 Å². The molecule has 0 amide bonds. The Hall–Kier alpha value is 0.354. The third kappa shape index (κ3) is 16.4. The molecule has 0 rings (SSSR count). The van der Waals surface area contributed by atoms with Gasteiger partial charge in [0.15, 0.2) is 0 Å². The van der Waals surface area contributed by atoms with Gasteiger partial charge in [0, 0.05) is 0 Å². The van der Waals surface area contributed by atoms with E-state index in [1.54, 1.807) is 0 Å². The average Bonchev–Trinajstić information content (AvgIpc) is 2.11. The lowest BCUT2D eigenvalue weighted by molar-refractivity contribution is 0.603. The lowest BCUT2D eigenvalue weighted by Gasteiger charge is -2.18. The van der Waals surface area contributed by atoms with Crippen LogP contribution < -0.4 is 9.96 Å². The van der Waals surface area contributed by atoms with Crippen LogP contribution in [-0.4, -0.2) is 29.6 Å². The van der Waals surface area contributed by atoms with Crippen LogP contribution in [0.25, 0.3) is 0 Å². The van der Waals surface area contributed by atoms with Crippen molar-refractivity contribution < 1.29 is 0 Å². The van der Waals surface area contributed by atoms with E-state index in [2.05, 4.69) is 49.2 Å². The van der Waals surface area contributed by atoms with Gasteiger partial charge in [0.2, 0.25) is 0 Å². The minimum Gasteiger partial charge on any atom is -0.337 e. The molecular formula is C13H34N2Si2. The van der Waals surface area contributed by atoms with Crippen molar-refractivity contribution in [1.82, 2.24) is 9.96 Å². The number of rotatable bonds is 10. The quantitative estimate of drug-likeness (QED) is 0.468. The zero-order valence-corrected chi connectivity index (χ0v) is 14.9. The highest BCUT2D eigenvalue weighted by Gasteiger charge is 2.11. The van der Waals surface area contributed by atoms with Gasteiger partial charge in [-0.05, 0) is 25.9 Å². The second kappa shape index (κ2) is 8.45. The van der Waals surface area contributed by atoms with E-state index in [9.17, 15) is 0 Å². The summed E-state index contributed by atoms with van der Waals surface area (Å²) in [5.41, 5.74) is 0. The maximum absolute atomic E-state index is 3.68. The Morgan fingerprint density at radius 3 is 1.12 bits per heavy atom. The van der Waals surface area contributed by atoms with Crippen LogP contribution in [0.2, 0.25) is 39.3 Å². The number of nitrogens with one attached hydrogen (secondary N) is 2. The van der Waals surface area contributed by atoms with Crippen LogP contribution in [0.1, 0.15) is 32.1 Å². The molecule has 4 heteroatoms. The molecule has 0 fully saturated rings. The standard InChI is InChI=1S/C13H34N2Si2/c1-16(2,3)14-12-10-8-7-9-11-13-15-17(4,5)6/h14-15H,7-13H2,1-6H3. The van der Waals surface area contributed by atoms with Crippen molar-refractivity contribution in [3.8, 4) is 0 Å². The first-order valence-corrected chi connectivity index (χ1v) is 14.2. The molecule has 0 aromatic heterocycles. The molecule has 0 radical (unpaired) electrons. The molecule has 0 saturated carbocycles. The number of hydrogen-bond donors (Lipinski definition) is 2. The van der Waals surface area contributed by atoms with Crippen LogP contribution in [0.5, 0.6) is 0 Å². The Bertz CT molecular complexity index is 163. The molecule has 0 heterocycles. The molecule has 0 spiro atoms. The molecule has 0 atom stereocenters. The SMILES string of the molecule is C[Si](C)(C)NCCCCCCCN[Si](C)(C)C. The summed E-state index contributed by atoms with van der Waals surface area (Å²) in [6.45, 7) is 16.7. The predicted molar refractivity (Wildman–Crippen MR) is 85.8 cm³/mol. The highest BCUT2D eigenvalue weighted by Crippen LogP contribution is 2.04. The van der Waals surface area contributed by atoms with Crippen LogP contribution >= 0.6 is 0 Å². The zero-order chi connectivity index (χ0) is 13.4. The summed E-state index contributed by atoms with van der Waals surface area (Å²) in [5, 5.41) is 0. The highest BCUT2D eigenvalue weighted by atomic mass is 28.3. The van der Waals surface area contributed by atoms with E-state index < -0.39 is 16.5 Å². The monoisotopic (exact) mass is 274 g/mol. The lowest BCUT2D eigenvalue weighted by atomic mass is 10.1. The van der Waals surface area contributed by atoms with Gasteiger partial charge in [-0.3, -0.25) is 0 Å². The second-order valence-electron chi connectivity index (χ2n) is 7.12. The molecule has 0 unspecified atom stereocenters. The maximum Gasteiger partial charge on any atom is 0.116 e.